The van der Waals surface area contributed by atoms with Crippen LogP contribution in [-0.2, 0) is 0 Å². The van der Waals surface area contributed by atoms with E-state index in [-0.39, 0.29) is 11.9 Å². The number of aromatic nitrogens is 1. The van der Waals surface area contributed by atoms with Crippen LogP contribution in [0.4, 0.5) is 13.6 Å². The molecule has 2 amide bonds. The minimum Gasteiger partial charge on any atom is -0.337 e. The van der Waals surface area contributed by atoms with E-state index in [1.165, 1.54) is 17.4 Å². The van der Waals surface area contributed by atoms with Gasteiger partial charge in [-0.15, -0.1) is 11.3 Å². The highest BCUT2D eigenvalue weighted by Gasteiger charge is 2.13. The Labute approximate surface area is 131 Å². The average Bonchev–Trinajstić information content (AvgIpc) is 3.02. The van der Waals surface area contributed by atoms with Crippen molar-refractivity contribution in [1.29, 1.82) is 0 Å². The van der Waals surface area contributed by atoms with Crippen molar-refractivity contribution in [3.8, 4) is 0 Å². The van der Waals surface area contributed by atoms with Crippen molar-refractivity contribution in [2.24, 2.45) is 0 Å². The fraction of sp³-hybridized carbons (Fsp3) is 0.333. The van der Waals surface area contributed by atoms with Crippen molar-refractivity contribution >= 4 is 17.4 Å². The molecule has 22 heavy (non-hydrogen) atoms. The molecule has 1 aromatic heterocycles. The smallest absolute Gasteiger partial charge is 0.315 e. The zero-order valence-corrected chi connectivity index (χ0v) is 13.1. The number of amides is 2. The van der Waals surface area contributed by atoms with Crippen LogP contribution in [-0.4, -0.2) is 17.6 Å². The number of carbonyl (C=O) groups is 1. The number of rotatable bonds is 5. The molecular weight excluding hydrogens is 308 g/mol. The largest absolute Gasteiger partial charge is 0.337 e. The van der Waals surface area contributed by atoms with Crippen LogP contribution >= 0.6 is 11.3 Å². The Morgan fingerprint density at radius 3 is 2.73 bits per heavy atom. The standard InChI is InChI=1S/C15H17F2N3OS/c1-9(14-18-5-6-22-14)8-19-15(21)20-10(2)11-3-4-12(16)13(17)7-11/h3-7,9-10H,8H2,1-2H3,(H2,19,20,21). The van der Waals surface area contributed by atoms with E-state index in [1.54, 1.807) is 13.1 Å². The van der Waals surface area contributed by atoms with Gasteiger partial charge < -0.3 is 10.6 Å². The van der Waals surface area contributed by atoms with E-state index >= 15 is 0 Å². The summed E-state index contributed by atoms with van der Waals surface area (Å²) in [4.78, 5) is 16.0. The lowest BCUT2D eigenvalue weighted by Crippen LogP contribution is -2.38. The number of benzene rings is 1. The van der Waals surface area contributed by atoms with Gasteiger partial charge in [0, 0.05) is 24.0 Å². The van der Waals surface area contributed by atoms with Crippen LogP contribution in [0.2, 0.25) is 0 Å². The van der Waals surface area contributed by atoms with Crippen LogP contribution in [0.15, 0.2) is 29.8 Å². The Morgan fingerprint density at radius 1 is 1.32 bits per heavy atom. The number of halogens is 2. The summed E-state index contributed by atoms with van der Waals surface area (Å²) >= 11 is 1.54. The Morgan fingerprint density at radius 2 is 2.09 bits per heavy atom. The van der Waals surface area contributed by atoms with E-state index in [9.17, 15) is 13.6 Å². The molecule has 0 spiro atoms. The average molecular weight is 325 g/mol. The highest BCUT2D eigenvalue weighted by molar-refractivity contribution is 7.09. The third-order valence-electron chi connectivity index (χ3n) is 3.23. The molecule has 0 fully saturated rings. The van der Waals surface area contributed by atoms with Gasteiger partial charge in [0.1, 0.15) is 0 Å². The molecule has 0 bridgehead atoms. The van der Waals surface area contributed by atoms with Gasteiger partial charge in [0.05, 0.1) is 11.0 Å². The first-order valence-electron chi connectivity index (χ1n) is 6.86. The summed E-state index contributed by atoms with van der Waals surface area (Å²) < 4.78 is 26.1. The first-order valence-corrected chi connectivity index (χ1v) is 7.74. The number of hydrogen-bond donors (Lipinski definition) is 2. The summed E-state index contributed by atoms with van der Waals surface area (Å²) in [5.74, 6) is -1.72. The number of hydrogen-bond acceptors (Lipinski definition) is 3. The van der Waals surface area contributed by atoms with Crippen molar-refractivity contribution in [3.05, 3.63) is 52.0 Å². The molecule has 0 aliphatic carbocycles. The summed E-state index contributed by atoms with van der Waals surface area (Å²) in [7, 11) is 0. The number of nitrogens with one attached hydrogen (secondary N) is 2. The summed E-state index contributed by atoms with van der Waals surface area (Å²) in [6.07, 6.45) is 1.72. The molecule has 0 radical (unpaired) electrons. The van der Waals surface area contributed by atoms with Crippen LogP contribution in [0.1, 0.15) is 36.4 Å². The van der Waals surface area contributed by atoms with Gasteiger partial charge in [0.25, 0.3) is 0 Å². The Balaban J connectivity index is 1.84. The molecule has 1 heterocycles. The Bertz CT molecular complexity index is 634. The first-order chi connectivity index (χ1) is 10.5. The number of thiazole rings is 1. The number of urea groups is 1. The summed E-state index contributed by atoms with van der Waals surface area (Å²) in [6.45, 7) is 4.12. The second-order valence-corrected chi connectivity index (χ2v) is 5.95. The minimum absolute atomic E-state index is 0.115. The third kappa shape index (κ3) is 4.24. The van der Waals surface area contributed by atoms with Crippen molar-refractivity contribution in [3.63, 3.8) is 0 Å². The second kappa shape index (κ2) is 7.31. The predicted octanol–water partition coefficient (Wildman–Crippen LogP) is 3.59. The van der Waals surface area contributed by atoms with E-state index in [0.29, 0.717) is 12.1 Å². The maximum Gasteiger partial charge on any atom is 0.315 e. The molecule has 2 aromatic rings. The monoisotopic (exact) mass is 325 g/mol. The highest BCUT2D eigenvalue weighted by Crippen LogP contribution is 2.17. The predicted molar refractivity (Wildman–Crippen MR) is 81.8 cm³/mol. The molecule has 4 nitrogen and oxygen atoms in total. The van der Waals surface area contributed by atoms with Gasteiger partial charge in [-0.1, -0.05) is 13.0 Å². The van der Waals surface area contributed by atoms with Crippen LogP contribution in [0.25, 0.3) is 0 Å². The van der Waals surface area contributed by atoms with Gasteiger partial charge in [0.15, 0.2) is 11.6 Å². The minimum atomic E-state index is -0.927. The zero-order chi connectivity index (χ0) is 16.1. The lowest BCUT2D eigenvalue weighted by Gasteiger charge is -2.16. The van der Waals surface area contributed by atoms with E-state index in [4.69, 9.17) is 0 Å². The molecule has 0 saturated heterocycles. The summed E-state index contributed by atoms with van der Waals surface area (Å²) in [5, 5.41) is 8.27. The van der Waals surface area contributed by atoms with Gasteiger partial charge in [-0.25, -0.2) is 18.6 Å². The molecule has 0 aliphatic heterocycles. The molecule has 2 unspecified atom stereocenters. The lowest BCUT2D eigenvalue weighted by atomic mass is 10.1. The van der Waals surface area contributed by atoms with Crippen LogP contribution in [0, 0.1) is 11.6 Å². The molecule has 7 heteroatoms. The molecule has 2 atom stereocenters. The third-order valence-corrected chi connectivity index (χ3v) is 4.24. The van der Waals surface area contributed by atoms with E-state index in [0.717, 1.165) is 17.1 Å². The molecule has 0 aliphatic rings. The molecule has 2 rings (SSSR count). The fourth-order valence-electron chi connectivity index (χ4n) is 1.92. The van der Waals surface area contributed by atoms with Crippen LogP contribution in [0.5, 0.6) is 0 Å². The fourth-order valence-corrected chi connectivity index (χ4v) is 2.62. The van der Waals surface area contributed by atoms with E-state index in [1.807, 2.05) is 12.3 Å². The second-order valence-electron chi connectivity index (χ2n) is 5.02. The molecule has 0 saturated carbocycles. The molecule has 1 aromatic carbocycles. The number of carbonyl (C=O) groups excluding carboxylic acids is 1. The summed E-state index contributed by atoms with van der Waals surface area (Å²) in [6, 6.07) is 2.79. The molecule has 118 valence electrons. The van der Waals surface area contributed by atoms with Crippen molar-refractivity contribution in [1.82, 2.24) is 15.6 Å². The van der Waals surface area contributed by atoms with Gasteiger partial charge >= 0.3 is 6.03 Å². The van der Waals surface area contributed by atoms with Crippen molar-refractivity contribution in [2.75, 3.05) is 6.54 Å². The number of nitrogens with zero attached hydrogens (tertiary/aromatic N) is 1. The van der Waals surface area contributed by atoms with E-state index < -0.39 is 17.7 Å². The Kier molecular flexibility index (Phi) is 5.43. The zero-order valence-electron chi connectivity index (χ0n) is 12.3. The normalized spacial score (nSPS) is 13.5. The lowest BCUT2D eigenvalue weighted by molar-refractivity contribution is 0.237. The summed E-state index contributed by atoms with van der Waals surface area (Å²) in [5.41, 5.74) is 0.502. The van der Waals surface area contributed by atoms with Gasteiger partial charge in [-0.2, -0.15) is 0 Å². The van der Waals surface area contributed by atoms with Gasteiger partial charge in [0.2, 0.25) is 0 Å². The van der Waals surface area contributed by atoms with Crippen LogP contribution < -0.4 is 10.6 Å². The van der Waals surface area contributed by atoms with Gasteiger partial charge in [-0.3, -0.25) is 0 Å². The maximum atomic E-state index is 13.2. The Hall–Kier alpha value is -2.02. The maximum absolute atomic E-state index is 13.2. The van der Waals surface area contributed by atoms with Crippen molar-refractivity contribution < 1.29 is 13.6 Å². The van der Waals surface area contributed by atoms with Crippen LogP contribution in [0.3, 0.4) is 0 Å². The quantitative estimate of drug-likeness (QED) is 0.883. The molecule has 2 N–H and O–H groups in total. The van der Waals surface area contributed by atoms with Crippen molar-refractivity contribution in [2.45, 2.75) is 25.8 Å². The SMILES string of the molecule is CC(CNC(=O)NC(C)c1ccc(F)c(F)c1)c1nccs1. The first kappa shape index (κ1) is 16.4. The van der Waals surface area contributed by atoms with Gasteiger partial charge in [-0.05, 0) is 24.6 Å². The van der Waals surface area contributed by atoms with E-state index in [2.05, 4.69) is 15.6 Å². The topological polar surface area (TPSA) is 54.0 Å². The molecular formula is C15H17F2N3OS. The highest BCUT2D eigenvalue weighted by atomic mass is 32.1.